The van der Waals surface area contributed by atoms with Gasteiger partial charge in [-0.3, -0.25) is 19.7 Å². The van der Waals surface area contributed by atoms with Crippen LogP contribution >= 0.6 is 0 Å². The number of amides is 1. The SMILES string of the molecule is CC[C@@H](CO)NC(=O)c1cc([N+](=O)[O-])c[nH]c1=O. The Hall–Kier alpha value is -2.22. The molecule has 0 fully saturated rings. The van der Waals surface area contributed by atoms with Gasteiger partial charge in [0, 0.05) is 6.07 Å². The molecule has 1 amide bonds. The Labute approximate surface area is 102 Å². The highest BCUT2D eigenvalue weighted by atomic mass is 16.6. The van der Waals surface area contributed by atoms with E-state index in [9.17, 15) is 19.7 Å². The van der Waals surface area contributed by atoms with E-state index in [1.165, 1.54) is 0 Å². The molecule has 0 aromatic carbocycles. The first-order chi connectivity index (χ1) is 8.49. The van der Waals surface area contributed by atoms with Crippen LogP contribution in [0.25, 0.3) is 0 Å². The van der Waals surface area contributed by atoms with Gasteiger partial charge in [-0.15, -0.1) is 0 Å². The first-order valence-corrected chi connectivity index (χ1v) is 5.28. The summed E-state index contributed by atoms with van der Waals surface area (Å²) in [7, 11) is 0. The van der Waals surface area contributed by atoms with Crippen LogP contribution in [0.5, 0.6) is 0 Å². The number of nitrogens with zero attached hydrogens (tertiary/aromatic N) is 1. The van der Waals surface area contributed by atoms with Crippen molar-refractivity contribution in [3.63, 3.8) is 0 Å². The van der Waals surface area contributed by atoms with Gasteiger partial charge >= 0.3 is 0 Å². The zero-order valence-electron chi connectivity index (χ0n) is 9.67. The molecule has 0 aliphatic rings. The Morgan fingerprint density at radius 2 is 2.33 bits per heavy atom. The van der Waals surface area contributed by atoms with E-state index in [-0.39, 0.29) is 17.9 Å². The highest BCUT2D eigenvalue weighted by Gasteiger charge is 2.18. The van der Waals surface area contributed by atoms with E-state index in [1.54, 1.807) is 6.92 Å². The largest absolute Gasteiger partial charge is 0.394 e. The molecule has 8 nitrogen and oxygen atoms in total. The predicted octanol–water partition coefficient (Wildman–Crippen LogP) is -0.216. The second-order valence-corrected chi connectivity index (χ2v) is 3.62. The van der Waals surface area contributed by atoms with E-state index in [0.717, 1.165) is 12.3 Å². The number of aliphatic hydroxyl groups excluding tert-OH is 1. The number of hydrogen-bond acceptors (Lipinski definition) is 5. The van der Waals surface area contributed by atoms with Crippen LogP contribution < -0.4 is 10.9 Å². The Morgan fingerprint density at radius 3 is 2.83 bits per heavy atom. The molecular weight excluding hydrogens is 242 g/mol. The number of rotatable bonds is 5. The Bertz CT molecular complexity index is 506. The fourth-order valence-electron chi connectivity index (χ4n) is 1.29. The molecule has 1 heterocycles. The molecule has 1 aromatic rings. The van der Waals surface area contributed by atoms with Gasteiger partial charge in [-0.1, -0.05) is 6.92 Å². The molecular formula is C10H13N3O5. The van der Waals surface area contributed by atoms with Crippen LogP contribution in [0.15, 0.2) is 17.1 Å². The van der Waals surface area contributed by atoms with E-state index >= 15 is 0 Å². The molecule has 0 saturated heterocycles. The molecule has 1 atom stereocenters. The first-order valence-electron chi connectivity index (χ1n) is 5.28. The highest BCUT2D eigenvalue weighted by Crippen LogP contribution is 2.08. The summed E-state index contributed by atoms with van der Waals surface area (Å²) < 4.78 is 0. The van der Waals surface area contributed by atoms with Gasteiger partial charge in [-0.05, 0) is 6.42 Å². The van der Waals surface area contributed by atoms with Crippen molar-refractivity contribution in [1.82, 2.24) is 10.3 Å². The number of aliphatic hydroxyl groups is 1. The molecule has 0 unspecified atom stereocenters. The maximum absolute atomic E-state index is 11.7. The topological polar surface area (TPSA) is 125 Å². The summed E-state index contributed by atoms with van der Waals surface area (Å²) in [6.07, 6.45) is 1.40. The lowest BCUT2D eigenvalue weighted by molar-refractivity contribution is -0.385. The fourth-order valence-corrected chi connectivity index (χ4v) is 1.29. The summed E-state index contributed by atoms with van der Waals surface area (Å²) in [6, 6.07) is 0.411. The quantitative estimate of drug-likeness (QED) is 0.495. The third-order valence-corrected chi connectivity index (χ3v) is 2.39. The number of carbonyl (C=O) groups is 1. The standard InChI is InChI=1S/C10H13N3O5/c1-2-6(5-14)12-10(16)8-3-7(13(17)18)4-11-9(8)15/h3-4,6,14H,2,5H2,1H3,(H,11,15)(H,12,16)/t6-/m0/s1. The smallest absolute Gasteiger partial charge is 0.286 e. The summed E-state index contributed by atoms with van der Waals surface area (Å²) in [4.78, 5) is 35.0. The van der Waals surface area contributed by atoms with Gasteiger partial charge in [0.15, 0.2) is 0 Å². The van der Waals surface area contributed by atoms with Crippen molar-refractivity contribution >= 4 is 11.6 Å². The molecule has 1 rings (SSSR count). The molecule has 0 bridgehead atoms. The zero-order chi connectivity index (χ0) is 13.7. The minimum atomic E-state index is -0.749. The van der Waals surface area contributed by atoms with Crippen molar-refractivity contribution in [2.45, 2.75) is 19.4 Å². The van der Waals surface area contributed by atoms with Crippen LogP contribution in [0.4, 0.5) is 5.69 Å². The Balaban J connectivity index is 3.01. The average Bonchev–Trinajstić information content (AvgIpc) is 2.35. The molecule has 0 aliphatic heterocycles. The van der Waals surface area contributed by atoms with Crippen molar-refractivity contribution < 1.29 is 14.8 Å². The molecule has 0 radical (unpaired) electrons. The molecule has 8 heteroatoms. The lowest BCUT2D eigenvalue weighted by Gasteiger charge is -2.13. The lowest BCUT2D eigenvalue weighted by atomic mass is 10.2. The van der Waals surface area contributed by atoms with Crippen LogP contribution in [-0.2, 0) is 0 Å². The third-order valence-electron chi connectivity index (χ3n) is 2.39. The van der Waals surface area contributed by atoms with Crippen LogP contribution in [0, 0.1) is 10.1 Å². The van der Waals surface area contributed by atoms with Gasteiger partial charge in [-0.25, -0.2) is 0 Å². The lowest BCUT2D eigenvalue weighted by Crippen LogP contribution is -2.39. The van der Waals surface area contributed by atoms with Crippen molar-refractivity contribution in [3.8, 4) is 0 Å². The van der Waals surface area contributed by atoms with E-state index in [4.69, 9.17) is 5.11 Å². The van der Waals surface area contributed by atoms with Gasteiger partial charge < -0.3 is 15.4 Å². The van der Waals surface area contributed by atoms with E-state index in [0.29, 0.717) is 6.42 Å². The number of nitrogens with one attached hydrogen (secondary N) is 2. The first kappa shape index (κ1) is 13.8. The molecule has 3 N–H and O–H groups in total. The van der Waals surface area contributed by atoms with E-state index in [1.807, 2.05) is 0 Å². The molecule has 1 aromatic heterocycles. The van der Waals surface area contributed by atoms with Gasteiger partial charge in [0.2, 0.25) is 0 Å². The number of pyridine rings is 1. The summed E-state index contributed by atoms with van der Waals surface area (Å²) >= 11 is 0. The van der Waals surface area contributed by atoms with Gasteiger partial charge in [0.1, 0.15) is 5.56 Å². The van der Waals surface area contributed by atoms with Gasteiger partial charge in [-0.2, -0.15) is 0 Å². The summed E-state index contributed by atoms with van der Waals surface area (Å²) in [5.41, 5.74) is -1.45. The third kappa shape index (κ3) is 3.14. The fraction of sp³-hybridized carbons (Fsp3) is 0.400. The zero-order valence-corrected chi connectivity index (χ0v) is 9.67. The molecule has 0 saturated carbocycles. The molecule has 98 valence electrons. The highest BCUT2D eigenvalue weighted by molar-refractivity contribution is 5.94. The van der Waals surface area contributed by atoms with E-state index < -0.39 is 22.4 Å². The van der Waals surface area contributed by atoms with Crippen LogP contribution in [0.3, 0.4) is 0 Å². The normalized spacial score (nSPS) is 11.9. The second kappa shape index (κ2) is 5.92. The number of nitro groups is 1. The van der Waals surface area contributed by atoms with Gasteiger partial charge in [0.25, 0.3) is 17.2 Å². The van der Waals surface area contributed by atoms with E-state index in [2.05, 4.69) is 10.3 Å². The average molecular weight is 255 g/mol. The van der Waals surface area contributed by atoms with Crippen molar-refractivity contribution in [1.29, 1.82) is 0 Å². The van der Waals surface area contributed by atoms with Gasteiger partial charge in [0.05, 0.1) is 23.8 Å². The Kier molecular flexibility index (Phi) is 4.55. The number of H-pyrrole nitrogens is 1. The van der Waals surface area contributed by atoms with Crippen molar-refractivity contribution in [2.24, 2.45) is 0 Å². The minimum absolute atomic E-state index is 0.269. The van der Waals surface area contributed by atoms with Crippen molar-refractivity contribution in [3.05, 3.63) is 38.3 Å². The maximum atomic E-state index is 11.7. The summed E-state index contributed by atoms with van der Waals surface area (Å²) in [5, 5.41) is 21.9. The van der Waals surface area contributed by atoms with Crippen LogP contribution in [0.1, 0.15) is 23.7 Å². The number of hydrogen-bond donors (Lipinski definition) is 3. The minimum Gasteiger partial charge on any atom is -0.394 e. The van der Waals surface area contributed by atoms with Crippen molar-refractivity contribution in [2.75, 3.05) is 6.61 Å². The predicted molar refractivity (Wildman–Crippen MR) is 62.3 cm³/mol. The maximum Gasteiger partial charge on any atom is 0.286 e. The number of aromatic nitrogens is 1. The summed E-state index contributed by atoms with van der Waals surface area (Å²) in [6.45, 7) is 1.48. The molecule has 0 spiro atoms. The molecule has 18 heavy (non-hydrogen) atoms. The monoisotopic (exact) mass is 255 g/mol. The summed E-state index contributed by atoms with van der Waals surface area (Å²) in [5.74, 6) is -0.749. The molecule has 0 aliphatic carbocycles. The van der Waals surface area contributed by atoms with Crippen LogP contribution in [-0.4, -0.2) is 33.6 Å². The van der Waals surface area contributed by atoms with Crippen LogP contribution in [0.2, 0.25) is 0 Å². The Morgan fingerprint density at radius 1 is 1.67 bits per heavy atom. The number of aromatic amines is 1. The second-order valence-electron chi connectivity index (χ2n) is 3.62. The number of carbonyl (C=O) groups excluding carboxylic acids is 1.